The number of nitrogens with one attached hydrogen (secondary N) is 2. The van der Waals surface area contributed by atoms with Gasteiger partial charge in [0.05, 0.1) is 4.92 Å². The van der Waals surface area contributed by atoms with Crippen molar-refractivity contribution in [2.24, 2.45) is 0 Å². The van der Waals surface area contributed by atoms with E-state index < -0.39 is 28.9 Å². The van der Waals surface area contributed by atoms with Crippen molar-refractivity contribution in [3.8, 4) is 5.75 Å². The summed E-state index contributed by atoms with van der Waals surface area (Å²) in [5.41, 5.74) is 3.04. The van der Waals surface area contributed by atoms with Crippen molar-refractivity contribution in [3.63, 3.8) is 0 Å². The first kappa shape index (κ1) is 21.4. The van der Waals surface area contributed by atoms with E-state index in [9.17, 15) is 24.5 Å². The number of nitro benzene ring substituents is 1. The van der Waals surface area contributed by atoms with Crippen LogP contribution in [-0.4, -0.2) is 40.9 Å². The number of nitrogens with zero attached hydrogens (tertiary/aromatic N) is 2. The number of rotatable bonds is 6. The first-order valence-corrected chi connectivity index (χ1v) is 8.58. The van der Waals surface area contributed by atoms with Gasteiger partial charge in [-0.1, -0.05) is 30.3 Å². The molecule has 0 bridgehead atoms. The summed E-state index contributed by atoms with van der Waals surface area (Å²) in [4.78, 5) is 46.2. The highest BCUT2D eigenvalue weighted by atomic mass is 16.6. The van der Waals surface area contributed by atoms with E-state index in [0.717, 1.165) is 10.6 Å². The molecule has 10 nitrogen and oxygen atoms in total. The van der Waals surface area contributed by atoms with Gasteiger partial charge in [0.2, 0.25) is 5.91 Å². The summed E-state index contributed by atoms with van der Waals surface area (Å²) in [5.74, 6) is -0.922. The van der Waals surface area contributed by atoms with Crippen LogP contribution in [-0.2, 0) is 16.0 Å². The lowest BCUT2D eigenvalue weighted by molar-refractivity contribution is -0.384. The van der Waals surface area contributed by atoms with Crippen molar-refractivity contribution < 1.29 is 24.0 Å². The third-order valence-electron chi connectivity index (χ3n) is 3.78. The van der Waals surface area contributed by atoms with Crippen LogP contribution in [0.25, 0.3) is 0 Å². The molecule has 0 fully saturated rings. The van der Waals surface area contributed by atoms with Gasteiger partial charge in [-0.15, -0.1) is 0 Å². The molecule has 152 valence electrons. The van der Waals surface area contributed by atoms with Gasteiger partial charge >= 0.3 is 6.09 Å². The van der Waals surface area contributed by atoms with Gasteiger partial charge in [-0.3, -0.25) is 25.1 Å². The molecular formula is C19H20N4O6. The van der Waals surface area contributed by atoms with Crippen LogP contribution < -0.4 is 15.5 Å². The zero-order chi connectivity index (χ0) is 21.4. The Morgan fingerprint density at radius 1 is 1.10 bits per heavy atom. The van der Waals surface area contributed by atoms with Crippen LogP contribution >= 0.6 is 0 Å². The van der Waals surface area contributed by atoms with Crippen molar-refractivity contribution in [1.29, 1.82) is 0 Å². The fourth-order valence-corrected chi connectivity index (χ4v) is 2.40. The Balaban J connectivity index is 1.98. The van der Waals surface area contributed by atoms with Gasteiger partial charge in [0.1, 0.15) is 11.8 Å². The fourth-order valence-electron chi connectivity index (χ4n) is 2.40. The van der Waals surface area contributed by atoms with Crippen LogP contribution in [0.5, 0.6) is 5.75 Å². The minimum atomic E-state index is -0.909. The van der Waals surface area contributed by atoms with Crippen LogP contribution in [0.4, 0.5) is 10.5 Å². The third kappa shape index (κ3) is 6.61. The number of carbonyl (C=O) groups excluding carboxylic acids is 3. The molecule has 2 aromatic rings. The molecular weight excluding hydrogens is 380 g/mol. The molecule has 3 amide bonds. The first-order chi connectivity index (χ1) is 13.8. The number of amides is 3. The van der Waals surface area contributed by atoms with E-state index in [0.29, 0.717) is 0 Å². The molecule has 0 saturated carbocycles. The van der Waals surface area contributed by atoms with Crippen molar-refractivity contribution in [2.45, 2.75) is 19.4 Å². The SMILES string of the molecule is CC(=O)N[C@@H](Cc1ccccc1)C(=O)NN(C)C(=O)Oc1ccc([N+](=O)[O-])cc1. The maximum Gasteiger partial charge on any atom is 0.433 e. The standard InChI is InChI=1S/C19H20N4O6/c1-13(24)20-17(12-14-6-4-3-5-7-14)18(25)21-22(2)19(26)29-16-10-8-15(9-11-16)23(27)28/h3-11,17H,12H2,1-2H3,(H,20,24)(H,21,25)/t17-/m0/s1. The summed E-state index contributed by atoms with van der Waals surface area (Å²) in [6.45, 7) is 1.29. The number of non-ortho nitro benzene ring substituents is 1. The molecule has 2 aromatic carbocycles. The minimum absolute atomic E-state index is 0.0735. The summed E-state index contributed by atoms with van der Waals surface area (Å²) in [7, 11) is 1.28. The second-order valence-electron chi connectivity index (χ2n) is 6.10. The fraction of sp³-hybridized carbons (Fsp3) is 0.211. The van der Waals surface area contributed by atoms with E-state index >= 15 is 0 Å². The van der Waals surface area contributed by atoms with E-state index in [2.05, 4.69) is 10.7 Å². The van der Waals surface area contributed by atoms with Gasteiger partial charge in [-0.25, -0.2) is 9.80 Å². The topological polar surface area (TPSA) is 131 Å². The Hall–Kier alpha value is -3.95. The predicted molar refractivity (Wildman–Crippen MR) is 103 cm³/mol. The molecule has 2 rings (SSSR count). The number of hydrogen-bond acceptors (Lipinski definition) is 6. The van der Waals surface area contributed by atoms with Gasteiger partial charge in [-0.05, 0) is 17.7 Å². The van der Waals surface area contributed by atoms with Crippen molar-refractivity contribution in [2.75, 3.05) is 7.05 Å². The van der Waals surface area contributed by atoms with E-state index in [1.54, 1.807) is 0 Å². The molecule has 0 radical (unpaired) electrons. The molecule has 0 heterocycles. The number of hydrazine groups is 1. The van der Waals surface area contributed by atoms with Crippen LogP contribution in [0.3, 0.4) is 0 Å². The van der Waals surface area contributed by atoms with Crippen molar-refractivity contribution in [1.82, 2.24) is 15.8 Å². The number of ether oxygens (including phenoxy) is 1. The Morgan fingerprint density at radius 3 is 2.28 bits per heavy atom. The van der Waals surface area contributed by atoms with Crippen molar-refractivity contribution in [3.05, 3.63) is 70.3 Å². The highest BCUT2D eigenvalue weighted by Crippen LogP contribution is 2.17. The van der Waals surface area contributed by atoms with Crippen LogP contribution in [0, 0.1) is 10.1 Å². The second kappa shape index (κ2) is 9.83. The van der Waals surface area contributed by atoms with Gasteiger partial charge < -0.3 is 10.1 Å². The summed E-state index contributed by atoms with van der Waals surface area (Å²) < 4.78 is 5.05. The molecule has 0 aliphatic rings. The number of nitro groups is 1. The average Bonchev–Trinajstić information content (AvgIpc) is 2.68. The van der Waals surface area contributed by atoms with Crippen LogP contribution in [0.15, 0.2) is 54.6 Å². The lowest BCUT2D eigenvalue weighted by Crippen LogP contribution is -2.53. The molecule has 10 heteroatoms. The average molecular weight is 400 g/mol. The predicted octanol–water partition coefficient (Wildman–Crippen LogP) is 1.80. The molecule has 2 N–H and O–H groups in total. The molecule has 0 spiro atoms. The van der Waals surface area contributed by atoms with Gasteiger partial charge in [0.15, 0.2) is 0 Å². The lowest BCUT2D eigenvalue weighted by Gasteiger charge is -2.22. The third-order valence-corrected chi connectivity index (χ3v) is 3.78. The van der Waals surface area contributed by atoms with Gasteiger partial charge in [-0.2, -0.15) is 0 Å². The molecule has 0 unspecified atom stereocenters. The quantitative estimate of drug-likeness (QED) is 0.562. The summed E-state index contributed by atoms with van der Waals surface area (Å²) in [5, 5.41) is 14.0. The molecule has 29 heavy (non-hydrogen) atoms. The second-order valence-corrected chi connectivity index (χ2v) is 6.10. The largest absolute Gasteiger partial charge is 0.433 e. The minimum Gasteiger partial charge on any atom is -0.409 e. The molecule has 0 aliphatic carbocycles. The first-order valence-electron chi connectivity index (χ1n) is 8.58. The van der Waals surface area contributed by atoms with E-state index in [1.165, 1.54) is 38.2 Å². The van der Waals surface area contributed by atoms with E-state index in [1.807, 2.05) is 30.3 Å². The Bertz CT molecular complexity index is 885. The summed E-state index contributed by atoms with van der Waals surface area (Å²) in [6, 6.07) is 13.1. The summed E-state index contributed by atoms with van der Waals surface area (Å²) >= 11 is 0. The maximum atomic E-state index is 12.5. The molecule has 0 saturated heterocycles. The molecule has 1 atom stereocenters. The Kier molecular flexibility index (Phi) is 7.24. The lowest BCUT2D eigenvalue weighted by atomic mass is 10.1. The summed E-state index contributed by atoms with van der Waals surface area (Å²) in [6.07, 6.45) is -0.675. The maximum absolute atomic E-state index is 12.5. The van der Waals surface area contributed by atoms with Gasteiger partial charge in [0.25, 0.3) is 11.6 Å². The zero-order valence-electron chi connectivity index (χ0n) is 15.8. The Labute approximate surface area is 166 Å². The van der Waals surface area contributed by atoms with Crippen LogP contribution in [0.1, 0.15) is 12.5 Å². The monoisotopic (exact) mass is 400 g/mol. The molecule has 0 aromatic heterocycles. The molecule has 0 aliphatic heterocycles. The number of carbonyl (C=O) groups is 3. The smallest absolute Gasteiger partial charge is 0.409 e. The highest BCUT2D eigenvalue weighted by Gasteiger charge is 2.23. The van der Waals surface area contributed by atoms with E-state index in [-0.39, 0.29) is 17.9 Å². The van der Waals surface area contributed by atoms with Crippen LogP contribution in [0.2, 0.25) is 0 Å². The Morgan fingerprint density at radius 2 is 1.72 bits per heavy atom. The number of hydrogen-bond donors (Lipinski definition) is 2. The number of benzene rings is 2. The highest BCUT2D eigenvalue weighted by molar-refractivity contribution is 5.88. The normalized spacial score (nSPS) is 11.1. The van der Waals surface area contributed by atoms with Gasteiger partial charge in [0, 0.05) is 32.5 Å². The zero-order valence-corrected chi connectivity index (χ0v) is 15.8. The van der Waals surface area contributed by atoms with E-state index in [4.69, 9.17) is 4.74 Å². The van der Waals surface area contributed by atoms with Crippen molar-refractivity contribution >= 4 is 23.6 Å².